The van der Waals surface area contributed by atoms with Crippen molar-refractivity contribution in [3.63, 3.8) is 0 Å². The molecule has 1 aromatic carbocycles. The van der Waals surface area contributed by atoms with E-state index in [4.69, 9.17) is 9.47 Å². The Morgan fingerprint density at radius 2 is 1.87 bits per heavy atom. The molecular weight excluding hydrogens is 394 g/mol. The molecule has 0 radical (unpaired) electrons. The predicted octanol–water partition coefficient (Wildman–Crippen LogP) is 2.13. The average Bonchev–Trinajstić information content (AvgIpc) is 3.30. The van der Waals surface area contributed by atoms with Gasteiger partial charge in [0.15, 0.2) is 6.29 Å². The summed E-state index contributed by atoms with van der Waals surface area (Å²) in [6, 6.07) is 6.55. The lowest BCUT2D eigenvalue weighted by Gasteiger charge is -2.58. The highest BCUT2D eigenvalue weighted by Crippen LogP contribution is 2.50. The Morgan fingerprint density at radius 3 is 2.52 bits per heavy atom. The van der Waals surface area contributed by atoms with Gasteiger partial charge in [-0.05, 0) is 43.9 Å². The zero-order valence-corrected chi connectivity index (χ0v) is 18.3. The quantitative estimate of drug-likeness (QED) is 0.786. The van der Waals surface area contributed by atoms with Crippen LogP contribution in [0.2, 0.25) is 0 Å². The molecule has 3 heterocycles. The first-order chi connectivity index (χ1) is 14.9. The van der Waals surface area contributed by atoms with E-state index in [1.54, 1.807) is 0 Å². The van der Waals surface area contributed by atoms with E-state index in [0.717, 1.165) is 56.1 Å². The van der Waals surface area contributed by atoms with Crippen molar-refractivity contribution in [2.24, 2.45) is 10.8 Å². The van der Waals surface area contributed by atoms with Gasteiger partial charge in [-0.25, -0.2) is 4.68 Å². The average molecular weight is 426 g/mol. The molecule has 8 nitrogen and oxygen atoms in total. The number of hydrogen-bond acceptors (Lipinski definition) is 7. The van der Waals surface area contributed by atoms with Crippen molar-refractivity contribution >= 4 is 11.4 Å². The smallest absolute Gasteiger partial charge is 0.177 e. The molecule has 2 aliphatic carbocycles. The van der Waals surface area contributed by atoms with Crippen molar-refractivity contribution in [2.75, 3.05) is 50.2 Å². The van der Waals surface area contributed by atoms with Crippen molar-refractivity contribution < 1.29 is 14.6 Å². The van der Waals surface area contributed by atoms with Crippen LogP contribution >= 0.6 is 0 Å². The number of ether oxygens (including phenoxy) is 2. The molecule has 2 saturated carbocycles. The summed E-state index contributed by atoms with van der Waals surface area (Å²) in [6.45, 7) is 4.22. The number of nitrogens with zero attached hydrogens (tertiary/aromatic N) is 5. The van der Waals surface area contributed by atoms with E-state index in [1.165, 1.54) is 18.5 Å². The fourth-order valence-electron chi connectivity index (χ4n) is 5.31. The molecule has 2 spiro atoms. The number of rotatable bonds is 5. The fraction of sp³-hybridized carbons (Fsp3) is 0.652. The highest BCUT2D eigenvalue weighted by Gasteiger charge is 2.52. The van der Waals surface area contributed by atoms with Crippen LogP contribution in [0.25, 0.3) is 11.3 Å². The predicted molar refractivity (Wildman–Crippen MR) is 117 cm³/mol. The van der Waals surface area contributed by atoms with Gasteiger partial charge in [0.25, 0.3) is 0 Å². The summed E-state index contributed by atoms with van der Waals surface area (Å²) in [6.07, 6.45) is 5.96. The van der Waals surface area contributed by atoms with Crippen LogP contribution in [0, 0.1) is 10.8 Å². The molecule has 0 amide bonds. The highest BCUT2D eigenvalue weighted by molar-refractivity contribution is 5.79. The van der Waals surface area contributed by atoms with Crippen LogP contribution in [0.4, 0.5) is 11.4 Å². The monoisotopic (exact) mass is 425 g/mol. The Morgan fingerprint density at radius 1 is 1.13 bits per heavy atom. The van der Waals surface area contributed by atoms with E-state index in [0.29, 0.717) is 17.4 Å². The SMILES string of the molecule is CN(C)c1cc(N2CC3(CC(O)C3)C2)ccc1-c1cn(CC2OCC3(CC3)CO2)nn1. The topological polar surface area (TPSA) is 75.9 Å². The molecule has 8 heteroatoms. The van der Waals surface area contributed by atoms with Crippen LogP contribution < -0.4 is 9.80 Å². The minimum atomic E-state index is -0.250. The molecule has 0 bridgehead atoms. The van der Waals surface area contributed by atoms with Gasteiger partial charge in [-0.15, -0.1) is 5.10 Å². The third-order valence-electron chi connectivity index (χ3n) is 7.48. The van der Waals surface area contributed by atoms with Crippen molar-refractivity contribution in [3.8, 4) is 11.3 Å². The first-order valence-corrected chi connectivity index (χ1v) is 11.3. The summed E-state index contributed by atoms with van der Waals surface area (Å²) in [5.41, 5.74) is 4.93. The van der Waals surface area contributed by atoms with Gasteiger partial charge in [0.1, 0.15) is 5.69 Å². The summed E-state index contributed by atoms with van der Waals surface area (Å²) in [5, 5.41) is 18.4. The Hall–Kier alpha value is -2.16. The van der Waals surface area contributed by atoms with Gasteiger partial charge in [0.2, 0.25) is 0 Å². The summed E-state index contributed by atoms with van der Waals surface area (Å²) in [5.74, 6) is 0. The molecule has 1 aromatic heterocycles. The lowest BCUT2D eigenvalue weighted by atomic mass is 9.62. The molecule has 2 aromatic rings. The first kappa shape index (κ1) is 19.5. The van der Waals surface area contributed by atoms with Crippen molar-refractivity contribution in [1.29, 1.82) is 0 Å². The van der Waals surface area contributed by atoms with Crippen LogP contribution in [-0.4, -0.2) is 72.9 Å². The third kappa shape index (κ3) is 3.50. The van der Waals surface area contributed by atoms with Crippen LogP contribution in [0.5, 0.6) is 0 Å². The Labute approximate surface area is 182 Å². The summed E-state index contributed by atoms with van der Waals surface area (Å²) >= 11 is 0. The molecular formula is C23H31N5O3. The molecule has 0 atom stereocenters. The van der Waals surface area contributed by atoms with Crippen molar-refractivity contribution in [2.45, 2.75) is 44.6 Å². The third-order valence-corrected chi connectivity index (χ3v) is 7.48. The maximum absolute atomic E-state index is 9.66. The fourth-order valence-corrected chi connectivity index (χ4v) is 5.31. The summed E-state index contributed by atoms with van der Waals surface area (Å²) in [7, 11) is 4.12. The second kappa shape index (κ2) is 6.92. The number of hydrogen-bond donors (Lipinski definition) is 1. The van der Waals surface area contributed by atoms with E-state index < -0.39 is 0 Å². The van der Waals surface area contributed by atoms with Gasteiger partial charge < -0.3 is 24.4 Å². The lowest BCUT2D eigenvalue weighted by Crippen LogP contribution is -2.63. The summed E-state index contributed by atoms with van der Waals surface area (Å²) in [4.78, 5) is 4.53. The molecule has 2 saturated heterocycles. The Bertz CT molecular complexity index is 961. The van der Waals surface area contributed by atoms with E-state index in [1.807, 2.05) is 10.9 Å². The molecule has 2 aliphatic heterocycles. The number of aliphatic hydroxyl groups excluding tert-OH is 1. The van der Waals surface area contributed by atoms with E-state index in [2.05, 4.69) is 52.4 Å². The van der Waals surface area contributed by atoms with Crippen LogP contribution in [0.15, 0.2) is 24.4 Å². The summed E-state index contributed by atoms with van der Waals surface area (Å²) < 4.78 is 13.6. The van der Waals surface area contributed by atoms with Gasteiger partial charge in [-0.2, -0.15) is 0 Å². The van der Waals surface area contributed by atoms with Crippen molar-refractivity contribution in [3.05, 3.63) is 24.4 Å². The zero-order chi connectivity index (χ0) is 21.2. The van der Waals surface area contributed by atoms with Crippen LogP contribution in [0.3, 0.4) is 0 Å². The normalized spacial score (nSPS) is 26.0. The molecule has 6 rings (SSSR count). The largest absolute Gasteiger partial charge is 0.393 e. The van der Waals surface area contributed by atoms with Gasteiger partial charge in [0, 0.05) is 55.0 Å². The molecule has 1 N–H and O–H groups in total. The van der Waals surface area contributed by atoms with Crippen molar-refractivity contribution in [1.82, 2.24) is 15.0 Å². The maximum atomic E-state index is 9.66. The number of aromatic nitrogens is 3. The molecule has 31 heavy (non-hydrogen) atoms. The number of benzene rings is 1. The minimum Gasteiger partial charge on any atom is -0.393 e. The van der Waals surface area contributed by atoms with E-state index >= 15 is 0 Å². The second-order valence-corrected chi connectivity index (χ2v) is 10.4. The highest BCUT2D eigenvalue weighted by atomic mass is 16.7. The maximum Gasteiger partial charge on any atom is 0.177 e. The molecule has 4 aliphatic rings. The Kier molecular flexibility index (Phi) is 4.36. The van der Waals surface area contributed by atoms with Gasteiger partial charge in [-0.1, -0.05) is 5.21 Å². The number of aliphatic hydroxyl groups is 1. The van der Waals surface area contributed by atoms with E-state index in [9.17, 15) is 5.11 Å². The van der Waals surface area contributed by atoms with Gasteiger partial charge in [0.05, 0.1) is 32.1 Å². The zero-order valence-electron chi connectivity index (χ0n) is 18.3. The molecule has 4 fully saturated rings. The van der Waals surface area contributed by atoms with Crippen LogP contribution in [0.1, 0.15) is 25.7 Å². The van der Waals surface area contributed by atoms with Crippen LogP contribution in [-0.2, 0) is 16.0 Å². The molecule has 0 unspecified atom stereocenters. The van der Waals surface area contributed by atoms with E-state index in [-0.39, 0.29) is 12.4 Å². The minimum absolute atomic E-state index is 0.0938. The standard InChI is InChI=1S/C23H31N5O3/c1-26(2)20-7-16(27-12-23(13-27)8-17(29)9-23)3-4-18(20)19-10-28(25-24-19)11-21-30-14-22(5-6-22)15-31-21/h3-4,7,10,17,21,29H,5-6,8-9,11-15H2,1-2H3. The van der Waals surface area contributed by atoms with Gasteiger partial charge >= 0.3 is 0 Å². The number of anilines is 2. The molecule has 166 valence electrons. The van der Waals surface area contributed by atoms with Gasteiger partial charge in [-0.3, -0.25) is 0 Å². The Balaban J connectivity index is 1.16. The first-order valence-electron chi connectivity index (χ1n) is 11.3. The second-order valence-electron chi connectivity index (χ2n) is 10.4. The lowest BCUT2D eigenvalue weighted by molar-refractivity contribution is -0.213.